The quantitative estimate of drug-likeness (QED) is 0.159. The predicted octanol–water partition coefficient (Wildman–Crippen LogP) is 7.62. The van der Waals surface area contributed by atoms with Gasteiger partial charge in [-0.2, -0.15) is 8.42 Å². The van der Waals surface area contributed by atoms with Crippen molar-refractivity contribution in [1.82, 2.24) is 19.9 Å². The first-order valence-corrected chi connectivity index (χ1v) is 19.9. The van der Waals surface area contributed by atoms with E-state index in [0.29, 0.717) is 57.9 Å². The van der Waals surface area contributed by atoms with Crippen LogP contribution in [0.5, 0.6) is 23.0 Å². The molecule has 0 saturated heterocycles. The molecule has 0 aliphatic carbocycles. The largest absolute Gasteiger partial charge is 0.486 e. The number of fused-ring (bicyclic) bond motifs is 7. The van der Waals surface area contributed by atoms with Gasteiger partial charge in [-0.15, -0.1) is 0 Å². The lowest BCUT2D eigenvalue weighted by atomic mass is 9.99. The fourth-order valence-corrected chi connectivity index (χ4v) is 8.36. The minimum atomic E-state index is -4.32. The summed E-state index contributed by atoms with van der Waals surface area (Å²) in [6, 6.07) is 20.6. The van der Waals surface area contributed by atoms with E-state index < -0.39 is 16.2 Å². The molecule has 0 saturated carbocycles. The van der Waals surface area contributed by atoms with Gasteiger partial charge in [0.05, 0.1) is 4.90 Å². The smallest absolute Gasteiger partial charge is 0.294 e. The maximum Gasteiger partial charge on any atom is 0.294 e. The predicted molar refractivity (Wildman–Crippen MR) is 209 cm³/mol. The third-order valence-electron chi connectivity index (χ3n) is 10.2. The Balaban J connectivity index is 0.000000148. The first-order chi connectivity index (χ1) is 27.1. The van der Waals surface area contributed by atoms with Crippen molar-refractivity contribution in [3.05, 3.63) is 107 Å². The van der Waals surface area contributed by atoms with Crippen molar-refractivity contribution >= 4 is 48.8 Å². The van der Waals surface area contributed by atoms with E-state index in [-0.39, 0.29) is 24.0 Å². The van der Waals surface area contributed by atoms with Crippen molar-refractivity contribution in [1.29, 1.82) is 0 Å². The molecular weight excluding hydrogens is 737 g/mol. The lowest BCUT2D eigenvalue weighted by molar-refractivity contribution is 0.0621. The van der Waals surface area contributed by atoms with Crippen LogP contribution in [-0.4, -0.2) is 77.9 Å². The Morgan fingerprint density at radius 2 is 1.50 bits per heavy atom. The number of para-hydroxylation sites is 1. The molecule has 0 spiro atoms. The van der Waals surface area contributed by atoms with Gasteiger partial charge in [0, 0.05) is 62.6 Å². The van der Waals surface area contributed by atoms with E-state index in [1.54, 1.807) is 31.2 Å². The summed E-state index contributed by atoms with van der Waals surface area (Å²) in [7, 11) is -4.32. The second-order valence-corrected chi connectivity index (χ2v) is 15.7. The molecule has 56 heavy (non-hydrogen) atoms. The van der Waals surface area contributed by atoms with Gasteiger partial charge in [0.25, 0.3) is 10.1 Å². The zero-order valence-electron chi connectivity index (χ0n) is 31.1. The Kier molecular flexibility index (Phi) is 9.18. The van der Waals surface area contributed by atoms with Gasteiger partial charge in [0.2, 0.25) is 22.7 Å². The Labute approximate surface area is 322 Å². The second kappa shape index (κ2) is 14.3. The molecule has 288 valence electrons. The molecule has 0 radical (unpaired) electrons. The molecule has 1 unspecified atom stereocenters. The van der Waals surface area contributed by atoms with Crippen LogP contribution in [0.3, 0.4) is 0 Å². The lowest BCUT2D eigenvalue weighted by Crippen LogP contribution is -2.42. The van der Waals surface area contributed by atoms with Crippen molar-refractivity contribution in [3.63, 3.8) is 0 Å². The first kappa shape index (κ1) is 35.8. The number of oxazole rings is 2. The number of nitrogens with one attached hydrogen (secondary N) is 1. The van der Waals surface area contributed by atoms with E-state index in [1.165, 1.54) is 28.1 Å². The second-order valence-electron chi connectivity index (χ2n) is 14.3. The molecule has 14 heteroatoms. The fourth-order valence-electron chi connectivity index (χ4n) is 7.64. The van der Waals surface area contributed by atoms with Crippen LogP contribution < -0.4 is 18.9 Å². The van der Waals surface area contributed by atoms with Crippen molar-refractivity contribution in [2.45, 2.75) is 50.7 Å². The summed E-state index contributed by atoms with van der Waals surface area (Å²) >= 11 is 0. The van der Waals surface area contributed by atoms with Crippen LogP contribution in [0.4, 0.5) is 0 Å². The van der Waals surface area contributed by atoms with Gasteiger partial charge in [-0.25, -0.2) is 9.97 Å². The Hall–Kier alpha value is -5.83. The molecule has 3 aliphatic rings. The summed E-state index contributed by atoms with van der Waals surface area (Å²) in [5, 5.41) is 1.30. The van der Waals surface area contributed by atoms with Crippen LogP contribution >= 0.6 is 0 Å². The third kappa shape index (κ3) is 7.06. The van der Waals surface area contributed by atoms with E-state index in [4.69, 9.17) is 27.8 Å². The maximum atomic E-state index is 11.6. The minimum absolute atomic E-state index is 0.0310. The molecule has 3 aromatic heterocycles. The summed E-state index contributed by atoms with van der Waals surface area (Å²) < 4.78 is 68.2. The van der Waals surface area contributed by atoms with Gasteiger partial charge in [-0.3, -0.25) is 9.45 Å². The fraction of sp³-hybridized carbons (Fsp3) is 0.286. The van der Waals surface area contributed by atoms with Crippen LogP contribution in [-0.2, 0) is 16.5 Å². The number of benzene rings is 4. The average Bonchev–Trinajstić information content (AvgIpc) is 3.90. The Morgan fingerprint density at radius 3 is 2.16 bits per heavy atom. The number of aromatic amines is 1. The topological polar surface area (TPSA) is 162 Å². The van der Waals surface area contributed by atoms with Crippen LogP contribution in [0.25, 0.3) is 38.7 Å². The molecule has 3 aliphatic heterocycles. The molecule has 4 aromatic carbocycles. The van der Waals surface area contributed by atoms with Crippen molar-refractivity contribution in [2.75, 3.05) is 32.8 Å². The lowest BCUT2D eigenvalue weighted by Gasteiger charge is -2.32. The number of aryl methyl sites for hydroxylation is 3. The average molecular weight is 777 g/mol. The molecule has 7 aromatic rings. The van der Waals surface area contributed by atoms with Crippen molar-refractivity contribution in [3.8, 4) is 23.0 Å². The minimum Gasteiger partial charge on any atom is -0.486 e. The van der Waals surface area contributed by atoms with Gasteiger partial charge >= 0.3 is 0 Å². The van der Waals surface area contributed by atoms with Gasteiger partial charge in [0.15, 0.2) is 23.3 Å². The highest BCUT2D eigenvalue weighted by Crippen LogP contribution is 2.41. The summed E-state index contributed by atoms with van der Waals surface area (Å²) in [6.07, 6.45) is 5.30. The van der Waals surface area contributed by atoms with Crippen LogP contribution in [0.2, 0.25) is 0 Å². The molecule has 6 heterocycles. The Morgan fingerprint density at radius 1 is 0.839 bits per heavy atom. The number of hydrogen-bond donors (Lipinski definition) is 2. The molecule has 13 nitrogen and oxygen atoms in total. The summed E-state index contributed by atoms with van der Waals surface area (Å²) in [5.41, 5.74) is 7.94. The number of ether oxygens (including phenoxy) is 4. The van der Waals surface area contributed by atoms with Crippen molar-refractivity contribution in [2.24, 2.45) is 0 Å². The first-order valence-electron chi connectivity index (χ1n) is 18.5. The molecular formula is C42H40N4O9S. The summed E-state index contributed by atoms with van der Waals surface area (Å²) in [6.45, 7) is 8.98. The van der Waals surface area contributed by atoms with E-state index in [0.717, 1.165) is 42.9 Å². The standard InChI is InChI=1S/C24H23N3O3.C18H17NO6S/c1-15-26-21-6-7-22-24(23(21)29-15)30-17(14-28-22)13-27-10-8-16(9-11-27)19-12-25-20-5-3-2-4-18(19)20;1-10-3-6-16(26(20,21)22)12(7-10)8-13-9-23-15-5-4-14-17(18(15)25-13)24-11(2)19-14/h2-8,12,17,25H,9-11,13-14H2,1H3;3-7,13H,8-9H2,1-2H3,(H,20,21,22)/t;13-/m.1/s1. The monoisotopic (exact) mass is 776 g/mol. The zero-order chi connectivity index (χ0) is 38.6. The Bertz CT molecular complexity index is 2750. The third-order valence-corrected chi connectivity index (χ3v) is 11.2. The van der Waals surface area contributed by atoms with E-state index >= 15 is 0 Å². The van der Waals surface area contributed by atoms with E-state index in [9.17, 15) is 13.0 Å². The van der Waals surface area contributed by atoms with Crippen molar-refractivity contribution < 1.29 is 40.8 Å². The number of aromatic nitrogens is 3. The van der Waals surface area contributed by atoms with E-state index in [1.807, 2.05) is 26.0 Å². The molecule has 10 rings (SSSR count). The number of nitrogens with zero attached hydrogens (tertiary/aromatic N) is 3. The molecule has 0 amide bonds. The summed E-state index contributed by atoms with van der Waals surface area (Å²) in [4.78, 5) is 14.4. The van der Waals surface area contributed by atoms with E-state index in [2.05, 4.69) is 56.4 Å². The molecule has 0 bridgehead atoms. The SMILES string of the molecule is Cc1ccc(S(=O)(=O)O)c(C[C@@H]2COc3ccc4nc(C)oc4c3O2)c1.Cc1nc2ccc3c(c2o1)OC(CN1CC=C(c2c[nH]c4ccccc24)CC1)CO3. The highest BCUT2D eigenvalue weighted by molar-refractivity contribution is 7.85. The zero-order valence-corrected chi connectivity index (χ0v) is 31.9. The normalized spacial score (nSPS) is 18.2. The molecule has 2 N–H and O–H groups in total. The highest BCUT2D eigenvalue weighted by atomic mass is 32.2. The van der Waals surface area contributed by atoms with Gasteiger partial charge in [-0.05, 0) is 60.9 Å². The summed E-state index contributed by atoms with van der Waals surface area (Å²) in [5.74, 6) is 3.58. The van der Waals surface area contributed by atoms with Crippen LogP contribution in [0, 0.1) is 20.8 Å². The van der Waals surface area contributed by atoms with Gasteiger partial charge < -0.3 is 32.8 Å². The van der Waals surface area contributed by atoms with Gasteiger partial charge in [0.1, 0.15) is 36.5 Å². The number of H-pyrrole nitrogens is 1. The highest BCUT2D eigenvalue weighted by Gasteiger charge is 2.29. The molecule has 2 atom stereocenters. The maximum absolute atomic E-state index is 11.6. The van der Waals surface area contributed by atoms with Gasteiger partial charge in [-0.1, -0.05) is 42.0 Å². The van der Waals surface area contributed by atoms with Crippen LogP contribution in [0.1, 0.15) is 34.9 Å². The van der Waals surface area contributed by atoms with Crippen LogP contribution in [0.15, 0.2) is 92.7 Å². The molecule has 0 fully saturated rings. The number of rotatable bonds is 6. The number of hydrogen-bond acceptors (Lipinski definition) is 11.